The highest BCUT2D eigenvalue weighted by molar-refractivity contribution is 5.37. The van der Waals surface area contributed by atoms with Crippen molar-refractivity contribution in [3.05, 3.63) is 29.3 Å². The highest BCUT2D eigenvalue weighted by Crippen LogP contribution is 2.41. The van der Waals surface area contributed by atoms with E-state index in [0.29, 0.717) is 5.41 Å². The first-order valence-corrected chi connectivity index (χ1v) is 7.10. The van der Waals surface area contributed by atoms with Crippen LogP contribution >= 0.6 is 0 Å². The first-order valence-electron chi connectivity index (χ1n) is 7.10. The van der Waals surface area contributed by atoms with E-state index in [1.807, 2.05) is 0 Å². The minimum atomic E-state index is 0.386. The highest BCUT2D eigenvalue weighted by atomic mass is 16.5. The highest BCUT2D eigenvalue weighted by Gasteiger charge is 2.33. The first-order chi connectivity index (χ1) is 8.65. The van der Waals surface area contributed by atoms with Gasteiger partial charge in [-0.2, -0.15) is 0 Å². The summed E-state index contributed by atoms with van der Waals surface area (Å²) in [5, 5.41) is 3.37. The van der Waals surface area contributed by atoms with Crippen molar-refractivity contribution in [1.82, 2.24) is 5.32 Å². The van der Waals surface area contributed by atoms with Gasteiger partial charge < -0.3 is 10.1 Å². The molecule has 98 valence electrons. The summed E-state index contributed by atoms with van der Waals surface area (Å²) in [6.45, 7) is 7.58. The molecule has 2 nitrogen and oxygen atoms in total. The number of nitrogens with one attached hydrogen (secondary N) is 1. The Hall–Kier alpha value is -1.02. The van der Waals surface area contributed by atoms with Crippen molar-refractivity contribution in [2.45, 2.75) is 46.2 Å². The number of benzene rings is 1. The Kier molecular flexibility index (Phi) is 3.06. The van der Waals surface area contributed by atoms with Crippen LogP contribution in [0, 0.1) is 11.3 Å². The Bertz CT molecular complexity index is 443. The standard InChI is InChI=1S/C16H23NO/c1-12-5-6-16(2,8-12)11-18-15-4-3-13-9-17-10-14(13)7-15/h3-4,7,12,17H,5-6,8-11H2,1-2H3. The third-order valence-electron chi connectivity index (χ3n) is 4.48. The zero-order valence-electron chi connectivity index (χ0n) is 11.5. The van der Waals surface area contributed by atoms with Gasteiger partial charge in [-0.1, -0.05) is 26.3 Å². The van der Waals surface area contributed by atoms with Gasteiger partial charge in [-0.25, -0.2) is 0 Å². The average Bonchev–Trinajstić information content (AvgIpc) is 2.93. The van der Waals surface area contributed by atoms with E-state index in [2.05, 4.69) is 37.4 Å². The molecule has 3 rings (SSSR count). The van der Waals surface area contributed by atoms with Gasteiger partial charge in [-0.15, -0.1) is 0 Å². The van der Waals surface area contributed by atoms with Gasteiger partial charge in [-0.05, 0) is 42.0 Å². The van der Waals surface area contributed by atoms with E-state index in [1.165, 1.54) is 30.4 Å². The van der Waals surface area contributed by atoms with E-state index >= 15 is 0 Å². The summed E-state index contributed by atoms with van der Waals surface area (Å²) in [5.74, 6) is 1.90. The van der Waals surface area contributed by atoms with Crippen LogP contribution in [0.5, 0.6) is 5.75 Å². The third-order valence-corrected chi connectivity index (χ3v) is 4.48. The van der Waals surface area contributed by atoms with Crippen LogP contribution in [0.4, 0.5) is 0 Å². The molecule has 1 aliphatic heterocycles. The molecule has 0 spiro atoms. The third kappa shape index (κ3) is 2.39. The predicted octanol–water partition coefficient (Wildman–Crippen LogP) is 3.49. The topological polar surface area (TPSA) is 21.3 Å². The second-order valence-electron chi connectivity index (χ2n) is 6.48. The van der Waals surface area contributed by atoms with E-state index in [4.69, 9.17) is 4.74 Å². The SMILES string of the molecule is CC1CCC(C)(COc2ccc3c(c2)CNC3)C1. The minimum absolute atomic E-state index is 0.386. The lowest BCUT2D eigenvalue weighted by Crippen LogP contribution is -2.21. The van der Waals surface area contributed by atoms with Crippen molar-refractivity contribution < 1.29 is 4.74 Å². The molecule has 1 N–H and O–H groups in total. The fourth-order valence-electron chi connectivity index (χ4n) is 3.39. The van der Waals surface area contributed by atoms with E-state index in [0.717, 1.165) is 31.4 Å². The van der Waals surface area contributed by atoms with Crippen LogP contribution in [0.2, 0.25) is 0 Å². The van der Waals surface area contributed by atoms with E-state index in [9.17, 15) is 0 Å². The minimum Gasteiger partial charge on any atom is -0.493 e. The molecular weight excluding hydrogens is 222 g/mol. The van der Waals surface area contributed by atoms with Crippen LogP contribution in [-0.4, -0.2) is 6.61 Å². The molecule has 1 heterocycles. The quantitative estimate of drug-likeness (QED) is 0.880. The number of ether oxygens (including phenoxy) is 1. The maximum Gasteiger partial charge on any atom is 0.119 e. The van der Waals surface area contributed by atoms with Crippen LogP contribution in [0.3, 0.4) is 0 Å². The summed E-state index contributed by atoms with van der Waals surface area (Å²) in [4.78, 5) is 0. The maximum absolute atomic E-state index is 6.04. The summed E-state index contributed by atoms with van der Waals surface area (Å²) in [5.41, 5.74) is 3.21. The van der Waals surface area contributed by atoms with Gasteiger partial charge >= 0.3 is 0 Å². The van der Waals surface area contributed by atoms with Gasteiger partial charge in [-0.3, -0.25) is 0 Å². The predicted molar refractivity (Wildman–Crippen MR) is 73.6 cm³/mol. The molecule has 2 atom stereocenters. The van der Waals surface area contributed by atoms with Gasteiger partial charge in [0.05, 0.1) is 6.61 Å². The molecular formula is C16H23NO. The van der Waals surface area contributed by atoms with Crippen LogP contribution in [0.1, 0.15) is 44.2 Å². The van der Waals surface area contributed by atoms with Gasteiger partial charge in [0.15, 0.2) is 0 Å². The normalized spacial score (nSPS) is 30.4. The molecule has 0 saturated heterocycles. The first kappa shape index (κ1) is 12.0. The summed E-state index contributed by atoms with van der Waals surface area (Å²) in [6.07, 6.45) is 3.97. The molecule has 1 aliphatic carbocycles. The van der Waals surface area contributed by atoms with Crippen LogP contribution in [0.25, 0.3) is 0 Å². The molecule has 0 amide bonds. The Morgan fingerprint density at radius 3 is 2.94 bits per heavy atom. The Morgan fingerprint density at radius 1 is 1.33 bits per heavy atom. The molecule has 0 bridgehead atoms. The van der Waals surface area contributed by atoms with Crippen LogP contribution < -0.4 is 10.1 Å². The monoisotopic (exact) mass is 245 g/mol. The number of fused-ring (bicyclic) bond motifs is 1. The molecule has 1 fully saturated rings. The average molecular weight is 245 g/mol. The lowest BCUT2D eigenvalue weighted by atomic mass is 9.89. The molecule has 1 aromatic rings. The fraction of sp³-hybridized carbons (Fsp3) is 0.625. The van der Waals surface area contributed by atoms with Gasteiger partial charge in [0.25, 0.3) is 0 Å². The Labute approximate surface area is 110 Å². The summed E-state index contributed by atoms with van der Waals surface area (Å²) in [7, 11) is 0. The fourth-order valence-corrected chi connectivity index (χ4v) is 3.39. The van der Waals surface area contributed by atoms with Gasteiger partial charge in [0.2, 0.25) is 0 Å². The van der Waals surface area contributed by atoms with Crippen molar-refractivity contribution in [3.63, 3.8) is 0 Å². The molecule has 0 aromatic heterocycles. The summed E-state index contributed by atoms with van der Waals surface area (Å²) < 4.78 is 6.04. The second kappa shape index (κ2) is 4.58. The zero-order chi connectivity index (χ0) is 12.6. The van der Waals surface area contributed by atoms with Gasteiger partial charge in [0, 0.05) is 18.5 Å². The van der Waals surface area contributed by atoms with Crippen molar-refractivity contribution in [2.24, 2.45) is 11.3 Å². The molecule has 2 heteroatoms. The maximum atomic E-state index is 6.04. The van der Waals surface area contributed by atoms with Crippen LogP contribution in [-0.2, 0) is 13.1 Å². The Balaban J connectivity index is 1.63. The number of rotatable bonds is 3. The lowest BCUT2D eigenvalue weighted by Gasteiger charge is -2.24. The second-order valence-corrected chi connectivity index (χ2v) is 6.48. The summed E-state index contributed by atoms with van der Waals surface area (Å²) in [6, 6.07) is 6.52. The molecule has 2 aliphatic rings. The number of hydrogen-bond acceptors (Lipinski definition) is 2. The largest absolute Gasteiger partial charge is 0.493 e. The van der Waals surface area contributed by atoms with Gasteiger partial charge in [0.1, 0.15) is 5.75 Å². The van der Waals surface area contributed by atoms with E-state index in [1.54, 1.807) is 0 Å². The molecule has 0 radical (unpaired) electrons. The number of hydrogen-bond donors (Lipinski definition) is 1. The van der Waals surface area contributed by atoms with E-state index < -0.39 is 0 Å². The molecule has 1 aromatic carbocycles. The van der Waals surface area contributed by atoms with Crippen molar-refractivity contribution in [1.29, 1.82) is 0 Å². The molecule has 1 saturated carbocycles. The molecule has 18 heavy (non-hydrogen) atoms. The van der Waals surface area contributed by atoms with E-state index in [-0.39, 0.29) is 0 Å². The smallest absolute Gasteiger partial charge is 0.119 e. The Morgan fingerprint density at radius 2 is 2.17 bits per heavy atom. The van der Waals surface area contributed by atoms with Crippen molar-refractivity contribution in [2.75, 3.05) is 6.61 Å². The lowest BCUT2D eigenvalue weighted by molar-refractivity contribution is 0.164. The summed E-state index contributed by atoms with van der Waals surface area (Å²) >= 11 is 0. The zero-order valence-corrected chi connectivity index (χ0v) is 11.5. The molecule has 2 unspecified atom stereocenters. The van der Waals surface area contributed by atoms with Crippen LogP contribution in [0.15, 0.2) is 18.2 Å². The van der Waals surface area contributed by atoms with Crippen molar-refractivity contribution >= 4 is 0 Å². The van der Waals surface area contributed by atoms with Crippen molar-refractivity contribution in [3.8, 4) is 5.75 Å².